The summed E-state index contributed by atoms with van der Waals surface area (Å²) in [6.45, 7) is 5.99. The number of Topliss-reactive ketones (excluding diaryl/α,β-unsaturated/α-hetero) is 1. The minimum atomic E-state index is -4.76. The number of pyridine rings is 1. The number of esters is 1. The highest BCUT2D eigenvalue weighted by Gasteiger charge is 2.41. The maximum Gasteiger partial charge on any atom is 0.416 e. The van der Waals surface area contributed by atoms with Crippen molar-refractivity contribution in [2.24, 2.45) is 0 Å². The molecule has 0 spiro atoms. The second-order valence-electron chi connectivity index (χ2n) is 6.69. The van der Waals surface area contributed by atoms with Gasteiger partial charge in [0.25, 0.3) is 0 Å². The second kappa shape index (κ2) is 11.4. The third-order valence-electron chi connectivity index (χ3n) is 4.59. The van der Waals surface area contributed by atoms with Gasteiger partial charge in [-0.2, -0.15) is 13.2 Å². The number of thioether (sulfide) groups is 1. The SMILES string of the molecule is C=C(Cl)SC(CC)CNc1cccnc1C(=O)C(C(=O)OC)c1ccccc1C(F)(F)F. The van der Waals surface area contributed by atoms with E-state index < -0.39 is 35.0 Å². The number of hydrogen-bond donors (Lipinski definition) is 1. The van der Waals surface area contributed by atoms with Crippen molar-refractivity contribution >= 4 is 40.8 Å². The average Bonchev–Trinajstić information content (AvgIpc) is 2.76. The summed E-state index contributed by atoms with van der Waals surface area (Å²) >= 11 is 7.21. The fraction of sp³-hybridized carbons (Fsp3) is 0.318. The number of aromatic nitrogens is 1. The van der Waals surface area contributed by atoms with Crippen molar-refractivity contribution in [3.63, 3.8) is 0 Å². The molecular weight excluding hydrogens is 465 g/mol. The zero-order valence-electron chi connectivity index (χ0n) is 17.4. The number of carbonyl (C=O) groups excluding carboxylic acids is 2. The molecule has 1 heterocycles. The highest BCUT2D eigenvalue weighted by molar-refractivity contribution is 8.05. The van der Waals surface area contributed by atoms with E-state index in [2.05, 4.69) is 21.6 Å². The van der Waals surface area contributed by atoms with Crippen LogP contribution >= 0.6 is 23.4 Å². The number of benzene rings is 1. The summed E-state index contributed by atoms with van der Waals surface area (Å²) in [5, 5.41) is 3.11. The molecule has 0 aliphatic carbocycles. The second-order valence-corrected chi connectivity index (χ2v) is 8.76. The van der Waals surface area contributed by atoms with E-state index in [1.54, 1.807) is 12.1 Å². The molecule has 0 fully saturated rings. The van der Waals surface area contributed by atoms with Gasteiger partial charge in [-0.1, -0.05) is 43.3 Å². The molecule has 0 amide bonds. The lowest BCUT2D eigenvalue weighted by Gasteiger charge is -2.21. The van der Waals surface area contributed by atoms with Gasteiger partial charge in [0.05, 0.1) is 22.7 Å². The van der Waals surface area contributed by atoms with Crippen LogP contribution in [0.3, 0.4) is 0 Å². The first-order chi connectivity index (χ1) is 15.1. The normalized spacial score (nSPS) is 13.2. The molecule has 2 rings (SSSR count). The Bertz CT molecular complexity index is 985. The van der Waals surface area contributed by atoms with Crippen molar-refractivity contribution in [2.75, 3.05) is 19.0 Å². The largest absolute Gasteiger partial charge is 0.468 e. The van der Waals surface area contributed by atoms with E-state index in [1.807, 2.05) is 6.92 Å². The molecule has 5 nitrogen and oxygen atoms in total. The number of methoxy groups -OCH3 is 1. The van der Waals surface area contributed by atoms with Crippen LogP contribution < -0.4 is 5.32 Å². The molecule has 172 valence electrons. The van der Waals surface area contributed by atoms with E-state index in [0.717, 1.165) is 25.7 Å². The first-order valence-corrected chi connectivity index (χ1v) is 10.8. The Balaban J connectivity index is 2.45. The molecule has 32 heavy (non-hydrogen) atoms. The van der Waals surface area contributed by atoms with Crippen LogP contribution in [-0.4, -0.2) is 35.6 Å². The van der Waals surface area contributed by atoms with Crippen molar-refractivity contribution < 1.29 is 27.5 Å². The Morgan fingerprint density at radius 1 is 1.25 bits per heavy atom. The van der Waals surface area contributed by atoms with Crippen LogP contribution in [0.2, 0.25) is 0 Å². The Labute approximate surface area is 193 Å². The fourth-order valence-corrected chi connectivity index (χ4v) is 4.13. The molecule has 2 unspecified atom stereocenters. The lowest BCUT2D eigenvalue weighted by Crippen LogP contribution is -2.28. The standard InChI is InChI=1S/C22H22ClF3N2O3S/c1-4-14(32-13(2)23)12-28-17-10-7-11-27-19(17)20(29)18(21(30)31-3)15-8-5-6-9-16(15)22(24,25)26/h5-11,14,18,28H,2,4,12H2,1,3H3. The van der Waals surface area contributed by atoms with Gasteiger partial charge in [-0.25, -0.2) is 0 Å². The molecule has 1 aromatic carbocycles. The van der Waals surface area contributed by atoms with Crippen molar-refractivity contribution in [1.29, 1.82) is 0 Å². The number of ether oxygens (including phenoxy) is 1. The third kappa shape index (κ3) is 6.49. The Morgan fingerprint density at radius 3 is 2.53 bits per heavy atom. The molecule has 10 heteroatoms. The quantitative estimate of drug-likeness (QED) is 0.257. The van der Waals surface area contributed by atoms with Crippen LogP contribution in [0.1, 0.15) is 40.9 Å². The molecule has 0 radical (unpaired) electrons. The van der Waals surface area contributed by atoms with Gasteiger partial charge in [-0.15, -0.1) is 11.8 Å². The molecule has 0 aliphatic heterocycles. The van der Waals surface area contributed by atoms with Crippen LogP contribution in [0.5, 0.6) is 0 Å². The van der Waals surface area contributed by atoms with E-state index in [4.69, 9.17) is 11.6 Å². The van der Waals surface area contributed by atoms with Crippen molar-refractivity contribution in [3.05, 3.63) is 70.4 Å². The van der Waals surface area contributed by atoms with E-state index in [0.29, 0.717) is 10.9 Å². The Kier molecular flexibility index (Phi) is 9.15. The number of alkyl halides is 3. The zero-order valence-corrected chi connectivity index (χ0v) is 19.0. The zero-order chi connectivity index (χ0) is 23.9. The fourth-order valence-electron chi connectivity index (χ4n) is 3.05. The van der Waals surface area contributed by atoms with Gasteiger partial charge < -0.3 is 10.1 Å². The number of nitrogens with one attached hydrogen (secondary N) is 1. The van der Waals surface area contributed by atoms with Gasteiger partial charge >= 0.3 is 12.1 Å². The minimum absolute atomic E-state index is 0.0329. The summed E-state index contributed by atoms with van der Waals surface area (Å²) in [6.07, 6.45) is -2.68. The van der Waals surface area contributed by atoms with Crippen molar-refractivity contribution in [2.45, 2.75) is 30.7 Å². The number of anilines is 1. The lowest BCUT2D eigenvalue weighted by molar-refractivity contribution is -0.142. The summed E-state index contributed by atoms with van der Waals surface area (Å²) < 4.78 is 45.8. The minimum Gasteiger partial charge on any atom is -0.468 e. The molecule has 2 aromatic rings. The maximum absolute atomic E-state index is 13.6. The smallest absolute Gasteiger partial charge is 0.416 e. The molecule has 2 atom stereocenters. The number of ketones is 1. The third-order valence-corrected chi connectivity index (χ3v) is 5.94. The lowest BCUT2D eigenvalue weighted by atomic mass is 9.88. The molecule has 0 aliphatic rings. The summed E-state index contributed by atoms with van der Waals surface area (Å²) in [5.74, 6) is -3.84. The number of carbonyl (C=O) groups is 2. The van der Waals surface area contributed by atoms with Gasteiger partial charge in [0, 0.05) is 18.0 Å². The van der Waals surface area contributed by atoms with Crippen LogP contribution in [-0.2, 0) is 15.7 Å². The van der Waals surface area contributed by atoms with Crippen LogP contribution in [0.25, 0.3) is 0 Å². The average molecular weight is 487 g/mol. The van der Waals surface area contributed by atoms with Crippen molar-refractivity contribution in [3.8, 4) is 0 Å². The summed E-state index contributed by atoms with van der Waals surface area (Å²) in [7, 11) is 1.01. The highest BCUT2D eigenvalue weighted by Crippen LogP contribution is 2.37. The van der Waals surface area contributed by atoms with E-state index in [-0.39, 0.29) is 16.6 Å². The molecule has 1 N–H and O–H groups in total. The van der Waals surface area contributed by atoms with Gasteiger partial charge in [0.2, 0.25) is 5.78 Å². The predicted molar refractivity (Wildman–Crippen MR) is 120 cm³/mol. The number of halogens is 4. The maximum atomic E-state index is 13.6. The predicted octanol–water partition coefficient (Wildman–Crippen LogP) is 5.87. The van der Waals surface area contributed by atoms with Gasteiger partial charge in [-0.3, -0.25) is 14.6 Å². The van der Waals surface area contributed by atoms with Crippen LogP contribution in [0.15, 0.2) is 53.5 Å². The number of hydrogen-bond acceptors (Lipinski definition) is 6. The highest BCUT2D eigenvalue weighted by atomic mass is 35.5. The summed E-state index contributed by atoms with van der Waals surface area (Å²) in [4.78, 5) is 29.8. The van der Waals surface area contributed by atoms with E-state index in [9.17, 15) is 22.8 Å². The summed E-state index contributed by atoms with van der Waals surface area (Å²) in [5.41, 5.74) is -1.45. The van der Waals surface area contributed by atoms with E-state index in [1.165, 1.54) is 30.1 Å². The molecular formula is C22H22ClF3N2O3S. The molecule has 1 aromatic heterocycles. The van der Waals surface area contributed by atoms with E-state index >= 15 is 0 Å². The summed E-state index contributed by atoms with van der Waals surface area (Å²) in [6, 6.07) is 7.56. The van der Waals surface area contributed by atoms with Crippen LogP contribution in [0.4, 0.5) is 18.9 Å². The first kappa shape index (κ1) is 25.7. The van der Waals surface area contributed by atoms with Gasteiger partial charge in [0.1, 0.15) is 11.6 Å². The molecule has 0 saturated carbocycles. The van der Waals surface area contributed by atoms with Crippen molar-refractivity contribution in [1.82, 2.24) is 4.98 Å². The van der Waals surface area contributed by atoms with Gasteiger partial charge in [-0.05, 0) is 30.2 Å². The topological polar surface area (TPSA) is 68.3 Å². The Hall–Kier alpha value is -2.52. The monoisotopic (exact) mass is 486 g/mol. The first-order valence-electron chi connectivity index (χ1n) is 9.58. The molecule has 0 bridgehead atoms. The van der Waals surface area contributed by atoms with Gasteiger partial charge in [0.15, 0.2) is 0 Å². The van der Waals surface area contributed by atoms with Crippen LogP contribution in [0, 0.1) is 0 Å². The molecule has 0 saturated heterocycles. The Morgan fingerprint density at radius 2 is 1.94 bits per heavy atom. The number of rotatable bonds is 10. The number of nitrogens with zero attached hydrogens (tertiary/aromatic N) is 1.